The number of aliphatic hydroxyl groups is 11. The summed E-state index contributed by atoms with van der Waals surface area (Å²) in [6.07, 6.45) is -25.1. The Morgan fingerprint density at radius 2 is 0.765 bits per heavy atom. The highest BCUT2D eigenvalue weighted by molar-refractivity contribution is 4.95. The minimum Gasteiger partial charge on any atom is -0.394 e. The minimum atomic E-state index is -1.91. The normalized spacial score (nSPS) is 52.5. The Labute approximate surface area is 192 Å². The van der Waals surface area contributed by atoms with E-state index < -0.39 is 112 Å². The van der Waals surface area contributed by atoms with Crippen LogP contribution in [0.1, 0.15) is 0 Å². The molecule has 3 rings (SSSR count). The largest absolute Gasteiger partial charge is 0.394 e. The summed E-state index contributed by atoms with van der Waals surface area (Å²) in [5, 5.41) is 109. The molecular weight excluding hydrogens is 472 g/mol. The number of aliphatic hydroxyl groups excluding tert-OH is 11. The molecule has 3 aliphatic heterocycles. The summed E-state index contributed by atoms with van der Waals surface area (Å²) in [5.41, 5.74) is 0. The second kappa shape index (κ2) is 11.6. The van der Waals surface area contributed by atoms with Gasteiger partial charge in [-0.05, 0) is 0 Å². The number of rotatable bonds is 7. The topological polar surface area (TPSA) is 269 Å². The van der Waals surface area contributed by atoms with Crippen LogP contribution in [-0.2, 0) is 23.7 Å². The van der Waals surface area contributed by atoms with Gasteiger partial charge in [0.05, 0.1) is 19.8 Å². The highest BCUT2D eigenvalue weighted by Gasteiger charge is 2.52. The Morgan fingerprint density at radius 1 is 0.412 bits per heavy atom. The van der Waals surface area contributed by atoms with Gasteiger partial charge in [0.2, 0.25) is 0 Å². The summed E-state index contributed by atoms with van der Waals surface area (Å²) in [5.74, 6) is 0. The molecule has 0 aliphatic carbocycles. The molecule has 3 fully saturated rings. The summed E-state index contributed by atoms with van der Waals surface area (Å²) < 4.78 is 26.5. The molecule has 0 unspecified atom stereocenters. The molecule has 15 atom stereocenters. The first kappa shape index (κ1) is 27.9. The van der Waals surface area contributed by atoms with Crippen LogP contribution >= 0.6 is 0 Å². The van der Waals surface area contributed by atoms with Gasteiger partial charge in [0, 0.05) is 0 Å². The first-order valence-electron chi connectivity index (χ1n) is 10.6. The van der Waals surface area contributed by atoms with Crippen molar-refractivity contribution in [2.75, 3.05) is 19.8 Å². The van der Waals surface area contributed by atoms with Gasteiger partial charge in [0.1, 0.15) is 73.2 Å². The molecule has 16 nitrogen and oxygen atoms in total. The maximum absolute atomic E-state index is 10.6. The lowest BCUT2D eigenvalue weighted by molar-refractivity contribution is -0.391. The quantitative estimate of drug-likeness (QED) is 0.154. The highest BCUT2D eigenvalue weighted by Crippen LogP contribution is 2.31. The van der Waals surface area contributed by atoms with Crippen LogP contribution in [-0.4, -0.2) is 168 Å². The Hall–Kier alpha value is -0.640. The lowest BCUT2D eigenvalue weighted by Gasteiger charge is -2.47. The molecule has 0 spiro atoms. The van der Waals surface area contributed by atoms with Crippen LogP contribution in [0.25, 0.3) is 0 Å². The van der Waals surface area contributed by atoms with Crippen molar-refractivity contribution in [3.63, 3.8) is 0 Å². The van der Waals surface area contributed by atoms with Crippen molar-refractivity contribution >= 4 is 0 Å². The Kier molecular flexibility index (Phi) is 9.54. The zero-order valence-electron chi connectivity index (χ0n) is 17.7. The van der Waals surface area contributed by atoms with E-state index in [1.165, 1.54) is 0 Å². The summed E-state index contributed by atoms with van der Waals surface area (Å²) >= 11 is 0. The van der Waals surface area contributed by atoms with E-state index in [1.54, 1.807) is 0 Å². The number of hydrogen-bond donors (Lipinski definition) is 11. The SMILES string of the molecule is OC[C@H]1O[C@@H](O[C@H]2O[C@H](CO)[C@@H](O[C@@H]3O[C@H](CO)[C@H](O)[C@H](O)[C@H]3O)[C@H](O)[C@H]2O)[C@H](O)[C@@H](O)[C@H]1O. The number of ether oxygens (including phenoxy) is 5. The molecular formula is C18H32O16. The summed E-state index contributed by atoms with van der Waals surface area (Å²) in [7, 11) is 0. The van der Waals surface area contributed by atoms with Crippen molar-refractivity contribution in [1.82, 2.24) is 0 Å². The molecule has 34 heavy (non-hydrogen) atoms. The molecule has 3 saturated heterocycles. The molecule has 0 aromatic rings. The average molecular weight is 504 g/mol. The Bertz CT molecular complexity index is 635. The van der Waals surface area contributed by atoms with Crippen molar-refractivity contribution < 1.29 is 79.9 Å². The third-order valence-corrected chi connectivity index (χ3v) is 6.08. The second-order valence-electron chi connectivity index (χ2n) is 8.34. The van der Waals surface area contributed by atoms with Gasteiger partial charge >= 0.3 is 0 Å². The van der Waals surface area contributed by atoms with Gasteiger partial charge in [-0.15, -0.1) is 0 Å². The third-order valence-electron chi connectivity index (χ3n) is 6.08. The van der Waals surface area contributed by atoms with E-state index in [1.807, 2.05) is 0 Å². The molecule has 3 heterocycles. The molecule has 0 amide bonds. The van der Waals surface area contributed by atoms with Crippen molar-refractivity contribution in [2.24, 2.45) is 0 Å². The van der Waals surface area contributed by atoms with Crippen molar-refractivity contribution in [3.8, 4) is 0 Å². The summed E-state index contributed by atoms with van der Waals surface area (Å²) in [4.78, 5) is 0. The number of hydrogen-bond acceptors (Lipinski definition) is 16. The van der Waals surface area contributed by atoms with Crippen molar-refractivity contribution in [1.29, 1.82) is 0 Å². The van der Waals surface area contributed by atoms with Crippen LogP contribution in [0.15, 0.2) is 0 Å². The predicted octanol–water partition coefficient (Wildman–Crippen LogP) is -7.57. The molecule has 0 bridgehead atoms. The van der Waals surface area contributed by atoms with Crippen molar-refractivity contribution in [2.45, 2.75) is 92.1 Å². The fraction of sp³-hybridized carbons (Fsp3) is 1.00. The zero-order valence-corrected chi connectivity index (χ0v) is 17.7. The minimum absolute atomic E-state index is 0.740. The summed E-state index contributed by atoms with van der Waals surface area (Å²) in [6.45, 7) is -2.30. The fourth-order valence-electron chi connectivity index (χ4n) is 3.98. The van der Waals surface area contributed by atoms with Gasteiger partial charge in [-0.1, -0.05) is 0 Å². The lowest BCUT2D eigenvalue weighted by Crippen LogP contribution is -2.66. The molecule has 0 aromatic heterocycles. The van der Waals surface area contributed by atoms with Crippen LogP contribution in [0.4, 0.5) is 0 Å². The standard InChI is InChI=1S/C18H32O16/c19-1-4-7(22)9(24)12(27)16(30-4)33-15-6(3-21)32-18(14(29)11(15)26)34-17-13(28)10(25)8(23)5(2-20)31-17/h4-29H,1-3H2/t4-,5-,6-,7+,8+,9+,10+,11-,12-,13-,14-,15-,16+,17+,18-/m1/s1. The van der Waals surface area contributed by atoms with E-state index in [0.29, 0.717) is 0 Å². The van der Waals surface area contributed by atoms with E-state index in [9.17, 15) is 56.2 Å². The van der Waals surface area contributed by atoms with Gasteiger partial charge in [-0.25, -0.2) is 0 Å². The zero-order chi connectivity index (χ0) is 25.3. The smallest absolute Gasteiger partial charge is 0.189 e. The van der Waals surface area contributed by atoms with Crippen LogP contribution in [0.5, 0.6) is 0 Å². The molecule has 3 aliphatic rings. The molecule has 11 N–H and O–H groups in total. The van der Waals surface area contributed by atoms with Gasteiger partial charge in [-0.3, -0.25) is 0 Å². The first-order chi connectivity index (χ1) is 16.0. The maximum atomic E-state index is 10.6. The first-order valence-corrected chi connectivity index (χ1v) is 10.6. The Morgan fingerprint density at radius 3 is 1.18 bits per heavy atom. The molecule has 0 saturated carbocycles. The average Bonchev–Trinajstić information content (AvgIpc) is 2.83. The van der Waals surface area contributed by atoms with E-state index in [-0.39, 0.29) is 0 Å². The van der Waals surface area contributed by atoms with Gasteiger partial charge in [-0.2, -0.15) is 0 Å². The molecule has 16 heteroatoms. The van der Waals surface area contributed by atoms with Crippen LogP contribution in [0.3, 0.4) is 0 Å². The molecule has 0 radical (unpaired) electrons. The van der Waals surface area contributed by atoms with E-state index in [2.05, 4.69) is 0 Å². The van der Waals surface area contributed by atoms with E-state index >= 15 is 0 Å². The molecule has 0 aromatic carbocycles. The predicted molar refractivity (Wildman–Crippen MR) is 101 cm³/mol. The molecule has 200 valence electrons. The van der Waals surface area contributed by atoms with Crippen LogP contribution in [0, 0.1) is 0 Å². The van der Waals surface area contributed by atoms with Gasteiger partial charge in [0.15, 0.2) is 18.9 Å². The lowest BCUT2D eigenvalue weighted by atomic mass is 9.96. The van der Waals surface area contributed by atoms with Gasteiger partial charge < -0.3 is 79.9 Å². The Balaban J connectivity index is 1.69. The maximum Gasteiger partial charge on any atom is 0.189 e. The van der Waals surface area contributed by atoms with Crippen molar-refractivity contribution in [3.05, 3.63) is 0 Å². The third kappa shape index (κ3) is 5.37. The van der Waals surface area contributed by atoms with Gasteiger partial charge in [0.25, 0.3) is 0 Å². The fourth-order valence-corrected chi connectivity index (χ4v) is 3.98. The summed E-state index contributed by atoms with van der Waals surface area (Å²) in [6, 6.07) is 0. The van der Waals surface area contributed by atoms with Crippen LogP contribution in [0.2, 0.25) is 0 Å². The highest BCUT2D eigenvalue weighted by atomic mass is 16.8. The second-order valence-corrected chi connectivity index (χ2v) is 8.34. The van der Waals surface area contributed by atoms with E-state index in [4.69, 9.17) is 23.7 Å². The van der Waals surface area contributed by atoms with E-state index in [0.717, 1.165) is 0 Å². The van der Waals surface area contributed by atoms with Crippen LogP contribution < -0.4 is 0 Å². The monoisotopic (exact) mass is 504 g/mol.